The van der Waals surface area contributed by atoms with Gasteiger partial charge in [0.15, 0.2) is 0 Å². The standard InChI is InChI=1S/C20H23NO5S/c1-14-6-4-8-18(10-14)26-20(22)17-7-5-9-19(11-17)27(23,24)21-12-15(2)25-16(3)13-21/h4-11,15-16H,12-13H2,1-3H3. The summed E-state index contributed by atoms with van der Waals surface area (Å²) in [4.78, 5) is 12.5. The normalized spacial score (nSPS) is 21.0. The van der Waals surface area contributed by atoms with Crippen LogP contribution in [-0.2, 0) is 14.8 Å². The quantitative estimate of drug-likeness (QED) is 0.594. The number of nitrogens with zero attached hydrogens (tertiary/aromatic N) is 1. The molecular formula is C20H23NO5S. The number of carbonyl (C=O) groups is 1. The molecule has 0 aromatic heterocycles. The molecule has 2 unspecified atom stereocenters. The molecular weight excluding hydrogens is 366 g/mol. The van der Waals surface area contributed by atoms with Gasteiger partial charge in [-0.25, -0.2) is 13.2 Å². The fourth-order valence-corrected chi connectivity index (χ4v) is 4.74. The average Bonchev–Trinajstić information content (AvgIpc) is 2.61. The Bertz CT molecular complexity index is 931. The molecule has 1 fully saturated rings. The minimum Gasteiger partial charge on any atom is -0.423 e. The Morgan fingerprint density at radius 2 is 1.74 bits per heavy atom. The smallest absolute Gasteiger partial charge is 0.343 e. The number of esters is 1. The highest BCUT2D eigenvalue weighted by molar-refractivity contribution is 7.89. The number of ether oxygens (including phenoxy) is 2. The summed E-state index contributed by atoms with van der Waals surface area (Å²) in [6, 6.07) is 13.1. The highest BCUT2D eigenvalue weighted by Crippen LogP contribution is 2.22. The Balaban J connectivity index is 1.83. The molecule has 0 spiro atoms. The van der Waals surface area contributed by atoms with E-state index in [1.807, 2.05) is 26.8 Å². The maximum atomic E-state index is 13.0. The zero-order valence-corrected chi connectivity index (χ0v) is 16.4. The van der Waals surface area contributed by atoms with Gasteiger partial charge in [0, 0.05) is 13.1 Å². The lowest BCUT2D eigenvalue weighted by atomic mass is 10.2. The van der Waals surface area contributed by atoms with Crippen molar-refractivity contribution in [3.05, 3.63) is 59.7 Å². The molecule has 0 bridgehead atoms. The average molecular weight is 389 g/mol. The highest BCUT2D eigenvalue weighted by Gasteiger charge is 2.32. The first-order chi connectivity index (χ1) is 12.8. The highest BCUT2D eigenvalue weighted by atomic mass is 32.2. The molecule has 7 heteroatoms. The van der Waals surface area contributed by atoms with Gasteiger partial charge in [0.1, 0.15) is 5.75 Å². The summed E-state index contributed by atoms with van der Waals surface area (Å²) in [6.45, 7) is 6.14. The van der Waals surface area contributed by atoms with E-state index in [9.17, 15) is 13.2 Å². The first-order valence-corrected chi connectivity index (χ1v) is 10.2. The molecule has 0 aliphatic carbocycles. The van der Waals surface area contributed by atoms with E-state index in [4.69, 9.17) is 9.47 Å². The minimum absolute atomic E-state index is 0.0718. The number of morpholine rings is 1. The van der Waals surface area contributed by atoms with E-state index in [1.165, 1.54) is 16.4 Å². The molecule has 2 aromatic carbocycles. The van der Waals surface area contributed by atoms with Crippen molar-refractivity contribution in [3.63, 3.8) is 0 Å². The van der Waals surface area contributed by atoms with Crippen molar-refractivity contribution in [2.45, 2.75) is 37.9 Å². The van der Waals surface area contributed by atoms with Crippen LogP contribution in [0.15, 0.2) is 53.4 Å². The molecule has 2 atom stereocenters. The Morgan fingerprint density at radius 1 is 1.07 bits per heavy atom. The molecule has 0 saturated carbocycles. The van der Waals surface area contributed by atoms with E-state index < -0.39 is 16.0 Å². The number of carbonyl (C=O) groups excluding carboxylic acids is 1. The van der Waals surface area contributed by atoms with Gasteiger partial charge in [0.2, 0.25) is 10.0 Å². The zero-order chi connectivity index (χ0) is 19.6. The van der Waals surface area contributed by atoms with Gasteiger partial charge in [0.25, 0.3) is 0 Å². The Morgan fingerprint density at radius 3 is 2.41 bits per heavy atom. The van der Waals surface area contributed by atoms with Crippen LogP contribution in [0.4, 0.5) is 0 Å². The second kappa shape index (κ2) is 7.80. The Kier molecular flexibility index (Phi) is 5.64. The van der Waals surface area contributed by atoms with Crippen LogP contribution in [0.3, 0.4) is 0 Å². The van der Waals surface area contributed by atoms with Crippen molar-refractivity contribution in [2.75, 3.05) is 13.1 Å². The summed E-state index contributed by atoms with van der Waals surface area (Å²) in [5.41, 5.74) is 1.15. The summed E-state index contributed by atoms with van der Waals surface area (Å²) in [6.07, 6.45) is -0.365. The number of aryl methyl sites for hydroxylation is 1. The molecule has 1 aliphatic rings. The van der Waals surface area contributed by atoms with Crippen molar-refractivity contribution in [2.24, 2.45) is 0 Å². The van der Waals surface area contributed by atoms with Crippen LogP contribution in [-0.4, -0.2) is 44.0 Å². The van der Waals surface area contributed by atoms with Gasteiger partial charge in [-0.15, -0.1) is 0 Å². The summed E-state index contributed by atoms with van der Waals surface area (Å²) < 4.78 is 38.3. The van der Waals surface area contributed by atoms with Crippen molar-refractivity contribution in [1.29, 1.82) is 0 Å². The second-order valence-electron chi connectivity index (χ2n) is 6.81. The van der Waals surface area contributed by atoms with Gasteiger partial charge in [0.05, 0.1) is 22.7 Å². The lowest BCUT2D eigenvalue weighted by molar-refractivity contribution is -0.0440. The monoisotopic (exact) mass is 389 g/mol. The number of sulfonamides is 1. The van der Waals surface area contributed by atoms with Gasteiger partial charge < -0.3 is 9.47 Å². The first kappa shape index (κ1) is 19.5. The second-order valence-corrected chi connectivity index (χ2v) is 8.75. The van der Waals surface area contributed by atoms with Gasteiger partial charge >= 0.3 is 5.97 Å². The van der Waals surface area contributed by atoms with E-state index in [0.29, 0.717) is 5.75 Å². The summed E-state index contributed by atoms with van der Waals surface area (Å²) in [5.74, 6) is -0.176. The van der Waals surface area contributed by atoms with Crippen molar-refractivity contribution in [1.82, 2.24) is 4.31 Å². The Hall–Kier alpha value is -2.22. The third kappa shape index (κ3) is 4.55. The molecule has 6 nitrogen and oxygen atoms in total. The maximum absolute atomic E-state index is 13.0. The van der Waals surface area contributed by atoms with Crippen LogP contribution in [0.2, 0.25) is 0 Å². The number of hydrogen-bond donors (Lipinski definition) is 0. The largest absolute Gasteiger partial charge is 0.423 e. The van der Waals surface area contributed by atoms with E-state index in [2.05, 4.69) is 0 Å². The molecule has 0 radical (unpaired) electrons. The van der Waals surface area contributed by atoms with Crippen LogP contribution < -0.4 is 4.74 Å². The van der Waals surface area contributed by atoms with Crippen molar-refractivity contribution in [3.8, 4) is 5.75 Å². The van der Waals surface area contributed by atoms with Crippen molar-refractivity contribution < 1.29 is 22.7 Å². The maximum Gasteiger partial charge on any atom is 0.343 e. The van der Waals surface area contributed by atoms with Crippen LogP contribution in [0.25, 0.3) is 0 Å². The molecule has 27 heavy (non-hydrogen) atoms. The number of hydrogen-bond acceptors (Lipinski definition) is 5. The van der Waals surface area contributed by atoms with E-state index in [0.717, 1.165) is 5.56 Å². The molecule has 1 saturated heterocycles. The topological polar surface area (TPSA) is 72.9 Å². The number of benzene rings is 2. The van der Waals surface area contributed by atoms with Gasteiger partial charge in [-0.2, -0.15) is 4.31 Å². The fraction of sp³-hybridized carbons (Fsp3) is 0.350. The van der Waals surface area contributed by atoms with Crippen LogP contribution in [0, 0.1) is 6.92 Å². The Labute approximate surface area is 159 Å². The molecule has 1 aliphatic heterocycles. The van der Waals surface area contributed by atoms with E-state index >= 15 is 0 Å². The van der Waals surface area contributed by atoms with Crippen LogP contribution >= 0.6 is 0 Å². The first-order valence-electron chi connectivity index (χ1n) is 8.80. The summed E-state index contributed by atoms with van der Waals surface area (Å²) in [5, 5.41) is 0. The lowest BCUT2D eigenvalue weighted by Crippen LogP contribution is -2.48. The lowest BCUT2D eigenvalue weighted by Gasteiger charge is -2.34. The number of rotatable bonds is 4. The van der Waals surface area contributed by atoms with Gasteiger partial charge in [-0.05, 0) is 56.7 Å². The van der Waals surface area contributed by atoms with Crippen LogP contribution in [0.1, 0.15) is 29.8 Å². The van der Waals surface area contributed by atoms with Crippen LogP contribution in [0.5, 0.6) is 5.75 Å². The van der Waals surface area contributed by atoms with Gasteiger partial charge in [-0.3, -0.25) is 0 Å². The third-order valence-electron chi connectivity index (χ3n) is 4.29. The molecule has 1 heterocycles. The summed E-state index contributed by atoms with van der Waals surface area (Å²) >= 11 is 0. The predicted octanol–water partition coefficient (Wildman–Crippen LogP) is 3.01. The molecule has 144 valence electrons. The molecule has 0 N–H and O–H groups in total. The molecule has 2 aromatic rings. The third-order valence-corrected chi connectivity index (χ3v) is 6.12. The SMILES string of the molecule is Cc1cccc(OC(=O)c2cccc(S(=O)(=O)N3CC(C)OC(C)C3)c2)c1. The van der Waals surface area contributed by atoms with Gasteiger partial charge in [-0.1, -0.05) is 18.2 Å². The van der Waals surface area contributed by atoms with E-state index in [-0.39, 0.29) is 35.8 Å². The van der Waals surface area contributed by atoms with Crippen molar-refractivity contribution >= 4 is 16.0 Å². The minimum atomic E-state index is -3.72. The zero-order valence-electron chi connectivity index (χ0n) is 15.6. The fourth-order valence-electron chi connectivity index (χ4n) is 3.10. The summed E-state index contributed by atoms with van der Waals surface area (Å²) in [7, 11) is -3.72. The van der Waals surface area contributed by atoms with E-state index in [1.54, 1.807) is 30.3 Å². The molecule has 3 rings (SSSR count). The predicted molar refractivity (Wildman–Crippen MR) is 101 cm³/mol. The molecule has 0 amide bonds.